The minimum atomic E-state index is -3.53. The lowest BCUT2D eigenvalue weighted by molar-refractivity contribution is -0.00810. The van der Waals surface area contributed by atoms with Gasteiger partial charge in [0.2, 0.25) is 10.0 Å². The minimum Gasteiger partial charge on any atom is -0.376 e. The molecule has 1 atom stereocenters. The summed E-state index contributed by atoms with van der Waals surface area (Å²) in [6.45, 7) is 1.51. The second kappa shape index (κ2) is 8.04. The van der Waals surface area contributed by atoms with E-state index >= 15 is 0 Å². The fourth-order valence-corrected chi connectivity index (χ4v) is 8.12. The van der Waals surface area contributed by atoms with Gasteiger partial charge in [-0.3, -0.25) is 0 Å². The van der Waals surface area contributed by atoms with Gasteiger partial charge in [-0.05, 0) is 106 Å². The monoisotopic (exact) mass is 449 g/mol. The molecule has 6 nitrogen and oxygen atoms in total. The molecule has 0 aromatic heterocycles. The molecule has 6 rings (SSSR count). The molecule has 164 valence electrons. The molecule has 1 aromatic rings. The fraction of sp³-hybridized carbons (Fsp3) is 0.682. The van der Waals surface area contributed by atoms with Crippen LogP contribution in [0.1, 0.15) is 51.4 Å². The summed E-state index contributed by atoms with van der Waals surface area (Å²) in [7, 11) is -3.53. The Morgan fingerprint density at radius 2 is 1.70 bits per heavy atom. The molecule has 0 unspecified atom stereocenters. The maximum absolute atomic E-state index is 13.1. The molecule has 1 aromatic carbocycles. The number of benzene rings is 1. The number of thiocarbonyl (C=S) groups is 1. The van der Waals surface area contributed by atoms with Gasteiger partial charge in [0.1, 0.15) is 0 Å². The Labute approximate surface area is 184 Å². The highest BCUT2D eigenvalue weighted by molar-refractivity contribution is 7.89. The van der Waals surface area contributed by atoms with E-state index in [0.29, 0.717) is 34.3 Å². The summed E-state index contributed by atoms with van der Waals surface area (Å²) >= 11 is 5.34. The zero-order valence-electron chi connectivity index (χ0n) is 17.2. The van der Waals surface area contributed by atoms with E-state index in [9.17, 15) is 8.42 Å². The topological polar surface area (TPSA) is 79.5 Å². The van der Waals surface area contributed by atoms with Gasteiger partial charge >= 0.3 is 0 Å². The summed E-state index contributed by atoms with van der Waals surface area (Å²) in [6, 6.07) is 6.87. The predicted molar refractivity (Wildman–Crippen MR) is 121 cm³/mol. The highest BCUT2D eigenvalue weighted by atomic mass is 32.2. The van der Waals surface area contributed by atoms with E-state index in [1.54, 1.807) is 24.3 Å². The SMILES string of the molecule is O=S(=O)(NC12CC3CC(CC(C3)C1)C2)c1ccc(NC(=S)NC[C@H]2CCCO2)cc1. The average Bonchev–Trinajstić information content (AvgIpc) is 3.18. The van der Waals surface area contributed by atoms with E-state index < -0.39 is 10.0 Å². The summed E-state index contributed by atoms with van der Waals surface area (Å²) in [4.78, 5) is 0.321. The van der Waals surface area contributed by atoms with Gasteiger partial charge in [0.05, 0.1) is 11.0 Å². The smallest absolute Gasteiger partial charge is 0.241 e. The fourth-order valence-electron chi connectivity index (χ4n) is 6.48. The molecule has 1 aliphatic heterocycles. The van der Waals surface area contributed by atoms with Gasteiger partial charge in [0, 0.05) is 24.4 Å². The Morgan fingerprint density at radius 1 is 1.07 bits per heavy atom. The van der Waals surface area contributed by atoms with Gasteiger partial charge in [0.25, 0.3) is 0 Å². The number of hydrogen-bond donors (Lipinski definition) is 3. The van der Waals surface area contributed by atoms with Crippen LogP contribution in [0.2, 0.25) is 0 Å². The van der Waals surface area contributed by atoms with Crippen molar-refractivity contribution in [1.82, 2.24) is 10.0 Å². The van der Waals surface area contributed by atoms with E-state index in [0.717, 1.165) is 44.4 Å². The highest BCUT2D eigenvalue weighted by Crippen LogP contribution is 2.55. The lowest BCUT2D eigenvalue weighted by atomic mass is 9.53. The van der Waals surface area contributed by atoms with Crippen LogP contribution in [0.15, 0.2) is 29.2 Å². The van der Waals surface area contributed by atoms with Crippen molar-refractivity contribution in [3.63, 3.8) is 0 Å². The third-order valence-electron chi connectivity index (χ3n) is 7.33. The molecule has 5 aliphatic rings. The van der Waals surface area contributed by atoms with Gasteiger partial charge < -0.3 is 15.4 Å². The maximum Gasteiger partial charge on any atom is 0.241 e. The third-order valence-corrected chi connectivity index (χ3v) is 9.17. The number of sulfonamides is 1. The van der Waals surface area contributed by atoms with Crippen molar-refractivity contribution in [3.05, 3.63) is 24.3 Å². The van der Waals surface area contributed by atoms with Crippen LogP contribution in [-0.4, -0.2) is 38.3 Å². The van der Waals surface area contributed by atoms with Gasteiger partial charge in [-0.15, -0.1) is 0 Å². The van der Waals surface area contributed by atoms with Crippen LogP contribution in [0, 0.1) is 17.8 Å². The molecular formula is C22H31N3O3S2. The van der Waals surface area contributed by atoms with E-state index in [-0.39, 0.29) is 11.6 Å². The molecule has 4 bridgehead atoms. The number of anilines is 1. The Balaban J connectivity index is 1.20. The summed E-state index contributed by atoms with van der Waals surface area (Å²) in [5.41, 5.74) is 0.548. The van der Waals surface area contributed by atoms with Crippen molar-refractivity contribution < 1.29 is 13.2 Å². The minimum absolute atomic E-state index is 0.216. The zero-order valence-corrected chi connectivity index (χ0v) is 18.9. The summed E-state index contributed by atoms with van der Waals surface area (Å²) in [5.74, 6) is 2.11. The average molecular weight is 450 g/mol. The Kier molecular flexibility index (Phi) is 5.54. The summed E-state index contributed by atoms with van der Waals surface area (Å²) < 4.78 is 34.9. The molecule has 3 N–H and O–H groups in total. The zero-order chi connectivity index (χ0) is 20.8. The molecule has 4 saturated carbocycles. The predicted octanol–water partition coefficient (Wildman–Crippen LogP) is 3.40. The van der Waals surface area contributed by atoms with E-state index in [1.807, 2.05) is 0 Å². The summed E-state index contributed by atoms with van der Waals surface area (Å²) in [5, 5.41) is 6.81. The Bertz CT molecular complexity index is 859. The van der Waals surface area contributed by atoms with Crippen LogP contribution in [-0.2, 0) is 14.8 Å². The first-order valence-electron chi connectivity index (χ1n) is 11.2. The molecule has 30 heavy (non-hydrogen) atoms. The van der Waals surface area contributed by atoms with Crippen LogP contribution in [0.3, 0.4) is 0 Å². The highest BCUT2D eigenvalue weighted by Gasteiger charge is 2.52. The second-order valence-electron chi connectivity index (χ2n) is 9.80. The molecule has 0 radical (unpaired) electrons. The van der Waals surface area contributed by atoms with Crippen LogP contribution in [0.25, 0.3) is 0 Å². The number of hydrogen-bond acceptors (Lipinski definition) is 4. The van der Waals surface area contributed by atoms with Crippen molar-refractivity contribution >= 4 is 33.0 Å². The maximum atomic E-state index is 13.1. The van der Waals surface area contributed by atoms with Crippen molar-refractivity contribution in [1.29, 1.82) is 0 Å². The second-order valence-corrected chi connectivity index (χ2v) is 11.9. The van der Waals surface area contributed by atoms with Gasteiger partial charge in [-0.2, -0.15) is 0 Å². The number of nitrogens with one attached hydrogen (secondary N) is 3. The first-order chi connectivity index (χ1) is 14.4. The normalized spacial score (nSPS) is 34.8. The first-order valence-corrected chi connectivity index (χ1v) is 13.1. The van der Waals surface area contributed by atoms with Gasteiger partial charge in [0.15, 0.2) is 5.11 Å². The van der Waals surface area contributed by atoms with Crippen molar-refractivity contribution in [2.75, 3.05) is 18.5 Å². The molecular weight excluding hydrogens is 418 g/mol. The quantitative estimate of drug-likeness (QED) is 0.578. The lowest BCUT2D eigenvalue weighted by Gasteiger charge is -2.56. The van der Waals surface area contributed by atoms with E-state index in [1.165, 1.54) is 19.3 Å². The molecule has 0 spiro atoms. The van der Waals surface area contributed by atoms with Gasteiger partial charge in [-0.25, -0.2) is 13.1 Å². The van der Waals surface area contributed by atoms with Gasteiger partial charge in [-0.1, -0.05) is 0 Å². The summed E-state index contributed by atoms with van der Waals surface area (Å²) in [6.07, 6.45) is 9.26. The molecule has 1 heterocycles. The lowest BCUT2D eigenvalue weighted by Crippen LogP contribution is -2.59. The molecule has 1 saturated heterocycles. The van der Waals surface area contributed by atoms with Crippen LogP contribution in [0.4, 0.5) is 5.69 Å². The molecule has 8 heteroatoms. The van der Waals surface area contributed by atoms with Crippen molar-refractivity contribution in [3.8, 4) is 0 Å². The largest absolute Gasteiger partial charge is 0.376 e. The van der Waals surface area contributed by atoms with Crippen LogP contribution >= 0.6 is 12.2 Å². The molecule has 0 amide bonds. The van der Waals surface area contributed by atoms with Crippen molar-refractivity contribution in [2.24, 2.45) is 17.8 Å². The molecule has 5 fully saturated rings. The van der Waals surface area contributed by atoms with E-state index in [4.69, 9.17) is 17.0 Å². The number of ether oxygens (including phenoxy) is 1. The Morgan fingerprint density at radius 3 is 2.27 bits per heavy atom. The Hall–Kier alpha value is -1.22. The number of rotatable bonds is 6. The van der Waals surface area contributed by atoms with E-state index in [2.05, 4.69) is 15.4 Å². The van der Waals surface area contributed by atoms with Crippen LogP contribution < -0.4 is 15.4 Å². The first kappa shape index (κ1) is 20.7. The van der Waals surface area contributed by atoms with Crippen LogP contribution in [0.5, 0.6) is 0 Å². The van der Waals surface area contributed by atoms with Crippen molar-refractivity contribution in [2.45, 2.75) is 67.9 Å². The standard InChI is InChI=1S/C22H31N3O3S2/c26-30(27,25-22-11-15-8-16(12-22)10-17(9-15)13-22)20-5-3-18(4-6-20)24-21(29)23-14-19-2-1-7-28-19/h3-6,15-17,19,25H,1-2,7-14H2,(H2,23,24,29)/t15?,16?,17?,19-,22?/m1/s1. The third kappa shape index (κ3) is 4.38. The molecule has 4 aliphatic carbocycles.